The second-order valence-corrected chi connectivity index (χ2v) is 6.59. The molecule has 0 aliphatic rings. The molecule has 0 atom stereocenters. The van der Waals surface area contributed by atoms with Gasteiger partial charge in [-0.1, -0.05) is 18.2 Å². The molecule has 0 unspecified atom stereocenters. The average molecular weight is 445 g/mol. The molecule has 2 N–H and O–H groups in total. The van der Waals surface area contributed by atoms with Crippen molar-refractivity contribution in [3.63, 3.8) is 0 Å². The summed E-state index contributed by atoms with van der Waals surface area (Å²) >= 11 is 2.07. The van der Waals surface area contributed by atoms with Gasteiger partial charge in [0.25, 0.3) is 5.56 Å². The molecule has 0 aliphatic carbocycles. The minimum Gasteiger partial charge on any atom is -0.507 e. The number of alkyl halides is 3. The highest BCUT2D eigenvalue weighted by molar-refractivity contribution is 14.1. The van der Waals surface area contributed by atoms with Crippen LogP contribution in [-0.2, 0) is 12.6 Å². The summed E-state index contributed by atoms with van der Waals surface area (Å²) in [4.78, 5) is 14.8. The molecule has 3 nitrogen and oxygen atoms in total. The first-order valence-electron chi connectivity index (χ1n) is 6.95. The fourth-order valence-corrected chi connectivity index (χ4v) is 3.01. The van der Waals surface area contributed by atoms with Crippen molar-refractivity contribution in [1.82, 2.24) is 4.98 Å². The van der Waals surface area contributed by atoms with Crippen molar-refractivity contribution < 1.29 is 18.3 Å². The van der Waals surface area contributed by atoms with Crippen LogP contribution in [0.15, 0.2) is 47.3 Å². The highest BCUT2D eigenvalue weighted by atomic mass is 127. The zero-order valence-corrected chi connectivity index (χ0v) is 14.3. The van der Waals surface area contributed by atoms with Crippen molar-refractivity contribution in [3.05, 3.63) is 73.1 Å². The Morgan fingerprint density at radius 3 is 2.58 bits per heavy atom. The van der Waals surface area contributed by atoms with Crippen LogP contribution in [0, 0.1) is 3.57 Å². The molecule has 3 aromatic rings. The fraction of sp³-hybridized carbons (Fsp3) is 0.118. The highest BCUT2D eigenvalue weighted by Gasteiger charge is 2.30. The van der Waals surface area contributed by atoms with E-state index in [9.17, 15) is 23.1 Å². The number of aromatic hydroxyl groups is 1. The van der Waals surface area contributed by atoms with Crippen molar-refractivity contribution >= 4 is 33.5 Å². The van der Waals surface area contributed by atoms with Gasteiger partial charge in [0.05, 0.1) is 16.6 Å². The van der Waals surface area contributed by atoms with E-state index in [2.05, 4.69) is 27.6 Å². The second kappa shape index (κ2) is 6.12. The third kappa shape index (κ3) is 3.26. The summed E-state index contributed by atoms with van der Waals surface area (Å²) in [6, 6.07) is 9.89. The number of H-pyrrole nitrogens is 1. The van der Waals surface area contributed by atoms with Crippen LogP contribution in [0.3, 0.4) is 0 Å². The molecule has 0 fully saturated rings. The lowest BCUT2D eigenvalue weighted by molar-refractivity contribution is -0.137. The van der Waals surface area contributed by atoms with E-state index < -0.39 is 17.3 Å². The Balaban J connectivity index is 2.09. The van der Waals surface area contributed by atoms with E-state index in [1.165, 1.54) is 12.1 Å². The molecular weight excluding hydrogens is 434 g/mol. The minimum absolute atomic E-state index is 0.0452. The van der Waals surface area contributed by atoms with Crippen LogP contribution >= 0.6 is 22.6 Å². The largest absolute Gasteiger partial charge is 0.507 e. The smallest absolute Gasteiger partial charge is 0.416 e. The fourth-order valence-electron chi connectivity index (χ4n) is 2.51. The van der Waals surface area contributed by atoms with Crippen LogP contribution in [-0.4, -0.2) is 10.1 Å². The Bertz CT molecular complexity index is 980. The summed E-state index contributed by atoms with van der Waals surface area (Å²) < 4.78 is 39.3. The Morgan fingerprint density at radius 1 is 1.12 bits per heavy atom. The second-order valence-electron chi connectivity index (χ2n) is 5.35. The van der Waals surface area contributed by atoms with Crippen LogP contribution in [0.4, 0.5) is 13.2 Å². The van der Waals surface area contributed by atoms with Gasteiger partial charge in [-0.3, -0.25) is 4.79 Å². The van der Waals surface area contributed by atoms with Gasteiger partial charge in [-0.25, -0.2) is 0 Å². The molecule has 124 valence electrons. The zero-order valence-electron chi connectivity index (χ0n) is 12.1. The van der Waals surface area contributed by atoms with Crippen LogP contribution in [0.2, 0.25) is 0 Å². The number of hydrogen-bond acceptors (Lipinski definition) is 2. The van der Waals surface area contributed by atoms with Gasteiger partial charge in [0.15, 0.2) is 0 Å². The lowest BCUT2D eigenvalue weighted by Crippen LogP contribution is -2.14. The molecule has 0 spiro atoms. The van der Waals surface area contributed by atoms with Crippen molar-refractivity contribution in [1.29, 1.82) is 0 Å². The summed E-state index contributed by atoms with van der Waals surface area (Å²) in [7, 11) is 0. The number of aromatic nitrogens is 1. The van der Waals surface area contributed by atoms with Gasteiger partial charge < -0.3 is 10.1 Å². The maximum Gasteiger partial charge on any atom is 0.416 e. The first-order chi connectivity index (χ1) is 11.3. The number of halogens is 4. The molecule has 2 aromatic carbocycles. The van der Waals surface area contributed by atoms with Crippen molar-refractivity contribution in [2.24, 2.45) is 0 Å². The maximum atomic E-state index is 12.8. The third-order valence-electron chi connectivity index (χ3n) is 3.68. The van der Waals surface area contributed by atoms with E-state index in [1.54, 1.807) is 18.2 Å². The van der Waals surface area contributed by atoms with Crippen LogP contribution in [0.1, 0.15) is 16.7 Å². The molecule has 24 heavy (non-hydrogen) atoms. The molecule has 0 saturated carbocycles. The van der Waals surface area contributed by atoms with Crippen LogP contribution in [0.5, 0.6) is 5.75 Å². The summed E-state index contributed by atoms with van der Waals surface area (Å²) in [6.45, 7) is 0. The SMILES string of the molecule is O=c1[nH]c2ccc(I)cc2c(O)c1Cc1cccc(C(F)(F)F)c1. The maximum absolute atomic E-state index is 12.8. The van der Waals surface area contributed by atoms with Gasteiger partial charge in [0, 0.05) is 15.4 Å². The van der Waals surface area contributed by atoms with E-state index in [4.69, 9.17) is 0 Å². The predicted molar refractivity (Wildman–Crippen MR) is 93.2 cm³/mol. The molecule has 3 rings (SSSR count). The zero-order chi connectivity index (χ0) is 17.5. The monoisotopic (exact) mass is 445 g/mol. The highest BCUT2D eigenvalue weighted by Crippen LogP contribution is 2.31. The van der Waals surface area contributed by atoms with E-state index in [0.717, 1.165) is 15.7 Å². The van der Waals surface area contributed by atoms with Gasteiger partial charge in [0.1, 0.15) is 5.75 Å². The Labute approximate surface area is 148 Å². The van der Waals surface area contributed by atoms with Gasteiger partial charge in [0.2, 0.25) is 0 Å². The molecule has 0 bridgehead atoms. The number of nitrogens with one attached hydrogen (secondary N) is 1. The number of fused-ring (bicyclic) bond motifs is 1. The first kappa shape index (κ1) is 16.8. The van der Waals surface area contributed by atoms with E-state index in [0.29, 0.717) is 16.5 Å². The molecule has 0 saturated heterocycles. The Hall–Kier alpha value is -2.03. The topological polar surface area (TPSA) is 53.1 Å². The number of hydrogen-bond donors (Lipinski definition) is 2. The van der Waals surface area contributed by atoms with Crippen LogP contribution in [0.25, 0.3) is 10.9 Å². The van der Waals surface area contributed by atoms with Crippen molar-refractivity contribution in [3.8, 4) is 5.75 Å². The molecule has 1 aromatic heterocycles. The third-order valence-corrected chi connectivity index (χ3v) is 4.35. The normalized spacial score (nSPS) is 11.8. The quantitative estimate of drug-likeness (QED) is 0.573. The van der Waals surface area contributed by atoms with Gasteiger partial charge in [-0.15, -0.1) is 0 Å². The summed E-state index contributed by atoms with van der Waals surface area (Å²) in [5, 5.41) is 10.9. The number of rotatable bonds is 2. The van der Waals surface area contributed by atoms with Gasteiger partial charge in [-0.05, 0) is 52.4 Å². The summed E-state index contributed by atoms with van der Waals surface area (Å²) in [5.74, 6) is -0.204. The lowest BCUT2D eigenvalue weighted by Gasteiger charge is -2.10. The van der Waals surface area contributed by atoms with Crippen LogP contribution < -0.4 is 5.56 Å². The van der Waals surface area contributed by atoms with Crippen molar-refractivity contribution in [2.75, 3.05) is 0 Å². The molecular formula is C17H11F3INO2. The number of benzene rings is 2. The molecule has 0 aliphatic heterocycles. The van der Waals surface area contributed by atoms with Gasteiger partial charge in [-0.2, -0.15) is 13.2 Å². The number of aromatic amines is 1. The summed E-state index contributed by atoms with van der Waals surface area (Å²) in [5.41, 5.74) is -0.477. The Kier molecular flexibility index (Phi) is 4.29. The first-order valence-corrected chi connectivity index (χ1v) is 8.03. The lowest BCUT2D eigenvalue weighted by atomic mass is 10.0. The Morgan fingerprint density at radius 2 is 1.88 bits per heavy atom. The molecule has 0 amide bonds. The molecule has 0 radical (unpaired) electrons. The summed E-state index contributed by atoms with van der Waals surface area (Å²) in [6.07, 6.45) is -4.55. The van der Waals surface area contributed by atoms with Gasteiger partial charge >= 0.3 is 6.18 Å². The average Bonchev–Trinajstić information content (AvgIpc) is 2.52. The molecule has 1 heterocycles. The van der Waals surface area contributed by atoms with E-state index in [1.807, 2.05) is 0 Å². The minimum atomic E-state index is -4.45. The predicted octanol–water partition coefficient (Wildman–Crippen LogP) is 4.45. The standard InChI is InChI=1S/C17H11F3INO2/c18-17(19,20)10-3-1-2-9(6-10)7-13-15(23)12-8-11(21)4-5-14(12)22-16(13)24/h1-6,8H,7H2,(H2,22,23,24). The van der Waals surface area contributed by atoms with Crippen molar-refractivity contribution in [2.45, 2.75) is 12.6 Å². The van der Waals surface area contributed by atoms with E-state index in [-0.39, 0.29) is 17.7 Å². The molecule has 7 heteroatoms. The van der Waals surface area contributed by atoms with E-state index >= 15 is 0 Å². The number of pyridine rings is 1.